The molecule has 4 heterocycles. The summed E-state index contributed by atoms with van der Waals surface area (Å²) >= 11 is 0. The van der Waals surface area contributed by atoms with Crippen LogP contribution in [0.2, 0.25) is 0 Å². The van der Waals surface area contributed by atoms with Crippen LogP contribution in [-0.4, -0.2) is 48.2 Å². The van der Waals surface area contributed by atoms with Gasteiger partial charge in [-0.1, -0.05) is 6.92 Å². The number of H-pyrrole nitrogens is 3. The first-order valence-electron chi connectivity index (χ1n) is 9.92. The maximum Gasteiger partial charge on any atom is 0.273 e. The van der Waals surface area contributed by atoms with Gasteiger partial charge in [0.2, 0.25) is 0 Å². The summed E-state index contributed by atoms with van der Waals surface area (Å²) in [7, 11) is 0. The summed E-state index contributed by atoms with van der Waals surface area (Å²) in [6.45, 7) is 5.96. The second kappa shape index (κ2) is 8.83. The Morgan fingerprint density at radius 2 is 1.93 bits per heavy atom. The van der Waals surface area contributed by atoms with Crippen LogP contribution < -0.4 is 10.9 Å². The van der Waals surface area contributed by atoms with Crippen molar-refractivity contribution in [2.45, 2.75) is 26.7 Å². The lowest BCUT2D eigenvalue weighted by Crippen LogP contribution is -2.16. The Balaban J connectivity index is 1.78. The second-order valence-corrected chi connectivity index (χ2v) is 6.96. The van der Waals surface area contributed by atoms with E-state index in [9.17, 15) is 4.79 Å². The molecule has 154 valence electrons. The van der Waals surface area contributed by atoms with Crippen LogP contribution in [0.15, 0.2) is 42.0 Å². The van der Waals surface area contributed by atoms with Crippen LogP contribution in [0, 0.1) is 6.92 Å². The van der Waals surface area contributed by atoms with Crippen molar-refractivity contribution in [3.05, 3.63) is 70.2 Å². The molecule has 0 amide bonds. The van der Waals surface area contributed by atoms with Crippen LogP contribution in [0.1, 0.15) is 29.6 Å². The molecule has 4 rings (SSSR count). The number of nitrogens with zero attached hydrogens (tertiary/aromatic N) is 4. The van der Waals surface area contributed by atoms with E-state index in [1.165, 1.54) is 5.56 Å². The van der Waals surface area contributed by atoms with Gasteiger partial charge in [-0.05, 0) is 32.0 Å². The van der Waals surface area contributed by atoms with Crippen molar-refractivity contribution in [1.29, 1.82) is 0 Å². The molecule has 0 aliphatic carbocycles. The number of nitrogens with one attached hydrogen (secondary N) is 4. The molecular formula is C21H24N8O. The SMILES string of the molecule is CCNCCc1c(C)[nH]c(Cc2nccnc2-c2c[nH][nH]c2=O)c1-c1cnccn1. The Morgan fingerprint density at radius 1 is 1.10 bits per heavy atom. The summed E-state index contributed by atoms with van der Waals surface area (Å²) < 4.78 is 0. The van der Waals surface area contributed by atoms with E-state index in [4.69, 9.17) is 0 Å². The van der Waals surface area contributed by atoms with Crippen molar-refractivity contribution < 1.29 is 0 Å². The molecule has 0 radical (unpaired) electrons. The molecule has 0 aliphatic rings. The number of hydrogen-bond donors (Lipinski definition) is 4. The average molecular weight is 404 g/mol. The van der Waals surface area contributed by atoms with Crippen molar-refractivity contribution in [1.82, 2.24) is 40.4 Å². The molecule has 0 atom stereocenters. The van der Waals surface area contributed by atoms with Gasteiger partial charge in [0, 0.05) is 54.4 Å². The third kappa shape index (κ3) is 3.92. The molecule has 4 aromatic heterocycles. The van der Waals surface area contributed by atoms with Crippen molar-refractivity contribution >= 4 is 0 Å². The van der Waals surface area contributed by atoms with Crippen LogP contribution in [0.5, 0.6) is 0 Å². The highest BCUT2D eigenvalue weighted by Gasteiger charge is 2.21. The second-order valence-electron chi connectivity index (χ2n) is 6.96. The lowest BCUT2D eigenvalue weighted by atomic mass is 9.99. The van der Waals surface area contributed by atoms with Gasteiger partial charge < -0.3 is 15.4 Å². The zero-order chi connectivity index (χ0) is 20.9. The first-order valence-corrected chi connectivity index (χ1v) is 9.92. The van der Waals surface area contributed by atoms with Crippen molar-refractivity contribution in [2.75, 3.05) is 13.1 Å². The van der Waals surface area contributed by atoms with E-state index < -0.39 is 0 Å². The first kappa shape index (κ1) is 19.7. The lowest BCUT2D eigenvalue weighted by Gasteiger charge is -2.09. The van der Waals surface area contributed by atoms with E-state index in [0.29, 0.717) is 23.4 Å². The predicted octanol–water partition coefficient (Wildman–Crippen LogP) is 2.00. The van der Waals surface area contributed by atoms with E-state index >= 15 is 0 Å². The number of aromatic amines is 3. The number of hydrogen-bond acceptors (Lipinski definition) is 6. The Morgan fingerprint density at radius 3 is 2.67 bits per heavy atom. The monoisotopic (exact) mass is 404 g/mol. The van der Waals surface area contributed by atoms with E-state index in [1.807, 2.05) is 0 Å². The summed E-state index contributed by atoms with van der Waals surface area (Å²) in [6, 6.07) is 0. The van der Waals surface area contributed by atoms with Gasteiger partial charge in [-0.25, -0.2) is 0 Å². The largest absolute Gasteiger partial charge is 0.361 e. The topological polar surface area (TPSA) is 128 Å². The number of likely N-dealkylation sites (N-methyl/N-ethyl adjacent to an activating group) is 1. The van der Waals surface area contributed by atoms with Gasteiger partial charge in [-0.3, -0.25) is 29.8 Å². The highest BCUT2D eigenvalue weighted by Crippen LogP contribution is 2.31. The molecule has 0 bridgehead atoms. The number of aromatic nitrogens is 7. The maximum absolute atomic E-state index is 12.1. The van der Waals surface area contributed by atoms with Gasteiger partial charge in [0.1, 0.15) is 0 Å². The van der Waals surface area contributed by atoms with E-state index in [-0.39, 0.29) is 5.56 Å². The van der Waals surface area contributed by atoms with E-state index in [1.54, 1.807) is 37.2 Å². The van der Waals surface area contributed by atoms with Crippen molar-refractivity contribution in [2.24, 2.45) is 0 Å². The van der Waals surface area contributed by atoms with Gasteiger partial charge in [0.15, 0.2) is 0 Å². The summed E-state index contributed by atoms with van der Waals surface area (Å²) in [6.07, 6.45) is 11.3. The molecule has 0 saturated carbocycles. The normalized spacial score (nSPS) is 11.1. The van der Waals surface area contributed by atoms with E-state index in [2.05, 4.69) is 54.3 Å². The van der Waals surface area contributed by atoms with Gasteiger partial charge in [-0.2, -0.15) is 0 Å². The summed E-state index contributed by atoms with van der Waals surface area (Å²) in [4.78, 5) is 33.4. The Kier molecular flexibility index (Phi) is 5.80. The fourth-order valence-corrected chi connectivity index (χ4v) is 3.68. The third-order valence-electron chi connectivity index (χ3n) is 5.04. The summed E-state index contributed by atoms with van der Waals surface area (Å²) in [5.74, 6) is 0. The van der Waals surface area contributed by atoms with Gasteiger partial charge in [-0.15, -0.1) is 0 Å². The van der Waals surface area contributed by atoms with Crippen LogP contribution in [0.3, 0.4) is 0 Å². The smallest absolute Gasteiger partial charge is 0.273 e. The molecule has 0 saturated heterocycles. The Hall–Kier alpha value is -3.59. The minimum atomic E-state index is -0.222. The molecular weight excluding hydrogens is 380 g/mol. The highest BCUT2D eigenvalue weighted by atomic mass is 16.1. The first-order chi connectivity index (χ1) is 14.7. The van der Waals surface area contributed by atoms with Gasteiger partial charge in [0.05, 0.1) is 28.8 Å². The molecule has 0 fully saturated rings. The van der Waals surface area contributed by atoms with Crippen LogP contribution in [0.4, 0.5) is 0 Å². The standard InChI is InChI=1S/C21H24N8O/c1-3-22-5-4-14-13(2)28-16(19(14)18-12-23-6-7-25-18)10-17-20(26-9-8-24-17)15-11-27-29-21(15)30/h6-9,11-12,22,28H,3-5,10H2,1-2H3,(H2,27,29,30). The lowest BCUT2D eigenvalue weighted by molar-refractivity contribution is 0.715. The van der Waals surface area contributed by atoms with Crippen LogP contribution in [0.25, 0.3) is 22.5 Å². The fourth-order valence-electron chi connectivity index (χ4n) is 3.68. The zero-order valence-electron chi connectivity index (χ0n) is 17.0. The van der Waals surface area contributed by atoms with Gasteiger partial charge >= 0.3 is 0 Å². The molecule has 30 heavy (non-hydrogen) atoms. The molecule has 0 aliphatic heterocycles. The minimum Gasteiger partial charge on any atom is -0.361 e. The fraction of sp³-hybridized carbons (Fsp3) is 0.286. The van der Waals surface area contributed by atoms with E-state index in [0.717, 1.165) is 42.2 Å². The minimum absolute atomic E-state index is 0.222. The molecule has 0 unspecified atom stereocenters. The van der Waals surface area contributed by atoms with Gasteiger partial charge in [0.25, 0.3) is 5.56 Å². The molecule has 9 nitrogen and oxygen atoms in total. The quantitative estimate of drug-likeness (QED) is 0.333. The summed E-state index contributed by atoms with van der Waals surface area (Å²) in [5, 5.41) is 8.67. The maximum atomic E-state index is 12.1. The molecule has 4 aromatic rings. The average Bonchev–Trinajstić information content (AvgIpc) is 3.32. The third-order valence-corrected chi connectivity index (χ3v) is 5.04. The molecule has 4 N–H and O–H groups in total. The Bertz CT molecular complexity index is 1180. The predicted molar refractivity (Wildman–Crippen MR) is 114 cm³/mol. The number of aryl methyl sites for hydroxylation is 1. The van der Waals surface area contributed by atoms with Crippen LogP contribution in [-0.2, 0) is 12.8 Å². The van der Waals surface area contributed by atoms with Crippen molar-refractivity contribution in [3.8, 4) is 22.5 Å². The molecule has 0 aromatic carbocycles. The zero-order valence-corrected chi connectivity index (χ0v) is 17.0. The Labute approximate surface area is 173 Å². The van der Waals surface area contributed by atoms with Crippen LogP contribution >= 0.6 is 0 Å². The molecule has 0 spiro atoms. The highest BCUT2D eigenvalue weighted by molar-refractivity contribution is 5.69. The number of rotatable bonds is 8. The summed E-state index contributed by atoms with van der Waals surface area (Å²) in [5.41, 5.74) is 6.65. The van der Waals surface area contributed by atoms with Crippen molar-refractivity contribution in [3.63, 3.8) is 0 Å². The molecule has 9 heteroatoms.